The number of nitrogens with zero attached hydrogens (tertiary/aromatic N) is 3. The zero-order valence-electron chi connectivity index (χ0n) is 19.9. The molecule has 7 heteroatoms. The van der Waals surface area contributed by atoms with Crippen LogP contribution in [-0.2, 0) is 4.79 Å². The molecular formula is C28H24N4O3. The molecule has 4 aromatic rings. The van der Waals surface area contributed by atoms with E-state index in [-0.39, 0.29) is 17.0 Å². The Bertz CT molecular complexity index is 1590. The van der Waals surface area contributed by atoms with E-state index in [1.54, 1.807) is 30.5 Å². The molecule has 1 amide bonds. The molecule has 2 aromatic carbocycles. The van der Waals surface area contributed by atoms with E-state index >= 15 is 0 Å². The number of aromatic nitrogens is 2. The average molecular weight is 465 g/mol. The summed E-state index contributed by atoms with van der Waals surface area (Å²) in [5.74, 6) is -0.0846. The highest BCUT2D eigenvalue weighted by Gasteiger charge is 2.19. The Morgan fingerprint density at radius 1 is 1.03 bits per heavy atom. The van der Waals surface area contributed by atoms with Gasteiger partial charge in [0.05, 0.1) is 0 Å². The van der Waals surface area contributed by atoms with E-state index in [0.29, 0.717) is 17.1 Å². The quantitative estimate of drug-likeness (QED) is 0.321. The number of ether oxygens (including phenoxy) is 1. The second-order valence-corrected chi connectivity index (χ2v) is 8.33. The second-order valence-electron chi connectivity index (χ2n) is 8.33. The van der Waals surface area contributed by atoms with Crippen molar-refractivity contribution in [2.24, 2.45) is 0 Å². The van der Waals surface area contributed by atoms with Crippen LogP contribution in [0.15, 0.2) is 71.2 Å². The largest absolute Gasteiger partial charge is 0.438 e. The summed E-state index contributed by atoms with van der Waals surface area (Å²) in [6.45, 7) is 7.56. The average Bonchev–Trinajstić information content (AvgIpc) is 2.83. The third-order valence-electron chi connectivity index (χ3n) is 5.63. The van der Waals surface area contributed by atoms with Crippen LogP contribution in [0.5, 0.6) is 11.6 Å². The van der Waals surface area contributed by atoms with Crippen molar-refractivity contribution in [1.29, 1.82) is 5.26 Å². The highest BCUT2D eigenvalue weighted by atomic mass is 16.5. The first-order valence-corrected chi connectivity index (χ1v) is 11.0. The van der Waals surface area contributed by atoms with Crippen LogP contribution < -0.4 is 15.6 Å². The molecule has 0 bridgehead atoms. The number of nitrogens with one attached hydrogen (secondary N) is 1. The minimum Gasteiger partial charge on any atom is -0.438 e. The number of carbonyl (C=O) groups is 1. The molecule has 0 aliphatic heterocycles. The molecule has 0 saturated carbocycles. The first kappa shape index (κ1) is 23.5. The second kappa shape index (κ2) is 9.65. The van der Waals surface area contributed by atoms with E-state index in [0.717, 1.165) is 22.3 Å². The number of hydrogen-bond acceptors (Lipinski definition) is 5. The van der Waals surface area contributed by atoms with Crippen molar-refractivity contribution in [3.63, 3.8) is 0 Å². The number of carbonyl (C=O) groups excluding carboxylic acids is 1. The molecule has 0 unspecified atom stereocenters. The van der Waals surface area contributed by atoms with Gasteiger partial charge >= 0.3 is 0 Å². The van der Waals surface area contributed by atoms with E-state index in [4.69, 9.17) is 4.74 Å². The summed E-state index contributed by atoms with van der Waals surface area (Å²) in [7, 11) is 0. The number of amides is 1. The van der Waals surface area contributed by atoms with E-state index < -0.39 is 11.5 Å². The summed E-state index contributed by atoms with van der Waals surface area (Å²) in [5.41, 5.74) is 3.88. The maximum atomic E-state index is 13.5. The zero-order valence-corrected chi connectivity index (χ0v) is 19.9. The van der Waals surface area contributed by atoms with Gasteiger partial charge < -0.3 is 10.1 Å². The first-order valence-electron chi connectivity index (χ1n) is 11.0. The van der Waals surface area contributed by atoms with Crippen LogP contribution in [0.3, 0.4) is 0 Å². The molecule has 0 aliphatic carbocycles. The van der Waals surface area contributed by atoms with Gasteiger partial charge in [0.15, 0.2) is 0 Å². The predicted octanol–water partition coefficient (Wildman–Crippen LogP) is 5.27. The molecule has 2 aromatic heterocycles. The van der Waals surface area contributed by atoms with Crippen molar-refractivity contribution in [2.75, 3.05) is 5.32 Å². The summed E-state index contributed by atoms with van der Waals surface area (Å²) in [6, 6.07) is 18.4. The molecule has 2 heterocycles. The Labute approximate surface area is 203 Å². The van der Waals surface area contributed by atoms with Gasteiger partial charge in [-0.3, -0.25) is 14.0 Å². The van der Waals surface area contributed by atoms with Crippen molar-refractivity contribution in [2.45, 2.75) is 27.7 Å². The van der Waals surface area contributed by atoms with Crippen LogP contribution in [0, 0.1) is 39.0 Å². The summed E-state index contributed by atoms with van der Waals surface area (Å²) >= 11 is 0. The number of pyridine rings is 1. The molecule has 4 rings (SSSR count). The van der Waals surface area contributed by atoms with Crippen LogP contribution in [0.4, 0.5) is 5.69 Å². The number of hydrogen-bond donors (Lipinski definition) is 1. The minimum absolute atomic E-state index is 0.00422. The third-order valence-corrected chi connectivity index (χ3v) is 5.63. The third kappa shape index (κ3) is 4.82. The maximum absolute atomic E-state index is 13.5. The first-order chi connectivity index (χ1) is 16.8. The van der Waals surface area contributed by atoms with Crippen LogP contribution in [0.25, 0.3) is 11.7 Å². The van der Waals surface area contributed by atoms with Crippen LogP contribution in [-0.4, -0.2) is 15.3 Å². The van der Waals surface area contributed by atoms with E-state index in [1.165, 1.54) is 10.5 Å². The molecule has 1 N–H and O–H groups in total. The van der Waals surface area contributed by atoms with Crippen molar-refractivity contribution < 1.29 is 9.53 Å². The monoisotopic (exact) mass is 464 g/mol. The van der Waals surface area contributed by atoms with Crippen molar-refractivity contribution in [3.05, 3.63) is 105 Å². The SMILES string of the molecule is Cc1ccc(Oc2nc3c(C)cccn3c(=O)c2/C=C(/C#N)C(=O)Nc2ccccc2C)c(C)c1. The lowest BCUT2D eigenvalue weighted by Gasteiger charge is -2.13. The summed E-state index contributed by atoms with van der Waals surface area (Å²) in [4.78, 5) is 31.0. The number of fused-ring (bicyclic) bond motifs is 1. The number of para-hydroxylation sites is 1. The number of nitriles is 1. The van der Waals surface area contributed by atoms with Crippen LogP contribution >= 0.6 is 0 Å². The summed E-state index contributed by atoms with van der Waals surface area (Å²) in [5, 5.41) is 12.5. The van der Waals surface area contributed by atoms with E-state index in [1.807, 2.05) is 64.1 Å². The molecule has 0 atom stereocenters. The number of rotatable bonds is 5. The lowest BCUT2D eigenvalue weighted by Crippen LogP contribution is -2.21. The molecule has 0 fully saturated rings. The number of anilines is 1. The Morgan fingerprint density at radius 3 is 2.49 bits per heavy atom. The Balaban J connectivity index is 1.86. The molecule has 0 saturated heterocycles. The van der Waals surface area contributed by atoms with Gasteiger partial charge in [-0.15, -0.1) is 0 Å². The fourth-order valence-electron chi connectivity index (χ4n) is 3.71. The van der Waals surface area contributed by atoms with Gasteiger partial charge in [0.1, 0.15) is 28.6 Å². The Morgan fingerprint density at radius 2 is 1.77 bits per heavy atom. The van der Waals surface area contributed by atoms with Gasteiger partial charge in [-0.05, 0) is 68.7 Å². The van der Waals surface area contributed by atoms with E-state index in [2.05, 4.69) is 10.3 Å². The summed E-state index contributed by atoms with van der Waals surface area (Å²) in [6.07, 6.45) is 2.83. The van der Waals surface area contributed by atoms with Crippen molar-refractivity contribution >= 4 is 23.3 Å². The topological polar surface area (TPSA) is 96.5 Å². The van der Waals surface area contributed by atoms with Gasteiger partial charge in [0.25, 0.3) is 11.5 Å². The van der Waals surface area contributed by atoms with Gasteiger partial charge in [-0.2, -0.15) is 10.2 Å². The smallest absolute Gasteiger partial charge is 0.269 e. The fraction of sp³-hybridized carbons (Fsp3) is 0.143. The lowest BCUT2D eigenvalue weighted by molar-refractivity contribution is -0.112. The maximum Gasteiger partial charge on any atom is 0.269 e. The van der Waals surface area contributed by atoms with Crippen molar-refractivity contribution in [1.82, 2.24) is 9.38 Å². The minimum atomic E-state index is -0.631. The van der Waals surface area contributed by atoms with Gasteiger partial charge in [0.2, 0.25) is 5.88 Å². The van der Waals surface area contributed by atoms with Crippen LogP contribution in [0.2, 0.25) is 0 Å². The van der Waals surface area contributed by atoms with E-state index in [9.17, 15) is 14.9 Å². The molecule has 0 radical (unpaired) electrons. The number of benzene rings is 2. The highest BCUT2D eigenvalue weighted by Crippen LogP contribution is 2.28. The van der Waals surface area contributed by atoms with Gasteiger partial charge in [-0.25, -0.2) is 0 Å². The fourth-order valence-corrected chi connectivity index (χ4v) is 3.71. The molecule has 35 heavy (non-hydrogen) atoms. The highest BCUT2D eigenvalue weighted by molar-refractivity contribution is 6.10. The normalized spacial score (nSPS) is 11.2. The zero-order chi connectivity index (χ0) is 25.1. The standard InChI is InChI=1S/C28H24N4O3/c1-17-11-12-24(20(4)14-17)35-27-22(28(34)32-13-7-9-19(3)25(32)31-27)15-21(16-29)26(33)30-23-10-6-5-8-18(23)2/h5-15H,1-4H3,(H,30,33)/b21-15-. The van der Waals surface area contributed by atoms with Crippen LogP contribution in [0.1, 0.15) is 27.8 Å². The molecule has 0 aliphatic rings. The Kier molecular flexibility index (Phi) is 6.47. The Hall–Kier alpha value is -4.70. The predicted molar refractivity (Wildman–Crippen MR) is 136 cm³/mol. The lowest BCUT2D eigenvalue weighted by atomic mass is 10.1. The van der Waals surface area contributed by atoms with Crippen molar-refractivity contribution in [3.8, 4) is 17.7 Å². The molecular weight excluding hydrogens is 440 g/mol. The number of aryl methyl sites for hydroxylation is 4. The van der Waals surface area contributed by atoms with Gasteiger partial charge in [-0.1, -0.05) is 42.0 Å². The summed E-state index contributed by atoms with van der Waals surface area (Å²) < 4.78 is 7.47. The molecule has 0 spiro atoms. The molecule has 7 nitrogen and oxygen atoms in total. The molecule has 174 valence electrons. The van der Waals surface area contributed by atoms with Gasteiger partial charge in [0, 0.05) is 11.9 Å².